The molecule has 0 aliphatic carbocycles. The molecule has 1 aromatic heterocycles. The lowest BCUT2D eigenvalue weighted by Gasteiger charge is -2.24. The van der Waals surface area contributed by atoms with Gasteiger partial charge in [-0.1, -0.05) is 0 Å². The normalized spacial score (nSPS) is 11.2. The lowest BCUT2D eigenvalue weighted by atomic mass is 10.2. The Morgan fingerprint density at radius 3 is 2.34 bits per heavy atom. The molecule has 4 rings (SSSR count). The number of amides is 2. The number of hydrogen-bond acceptors (Lipinski definition) is 9. The Hall–Kier alpha value is -5.37. The lowest BCUT2D eigenvalue weighted by molar-refractivity contribution is -0.123. The zero-order valence-corrected chi connectivity index (χ0v) is 24.5. The predicted molar refractivity (Wildman–Crippen MR) is 159 cm³/mol. The van der Waals surface area contributed by atoms with Gasteiger partial charge in [-0.05, 0) is 78.4 Å². The summed E-state index contributed by atoms with van der Waals surface area (Å²) in [6, 6.07) is 18.7. The van der Waals surface area contributed by atoms with Crippen molar-refractivity contribution in [2.75, 3.05) is 31.7 Å². The molecule has 2 amide bonds. The van der Waals surface area contributed by atoms with E-state index in [9.17, 15) is 22.4 Å². The van der Waals surface area contributed by atoms with Crippen LogP contribution in [0.15, 0.2) is 99.5 Å². The second-order valence-corrected chi connectivity index (χ2v) is 10.9. The summed E-state index contributed by atoms with van der Waals surface area (Å²) in [6.45, 7) is -0.602. The molecule has 12 nitrogen and oxygen atoms in total. The highest BCUT2D eigenvalue weighted by Gasteiger charge is 2.28. The number of nitrogens with one attached hydrogen (secondary N) is 2. The lowest BCUT2D eigenvalue weighted by Crippen LogP contribution is -2.39. The van der Waals surface area contributed by atoms with Crippen LogP contribution in [0.5, 0.6) is 17.2 Å². The molecule has 0 aliphatic rings. The van der Waals surface area contributed by atoms with Gasteiger partial charge in [-0.25, -0.2) is 18.2 Å². The van der Waals surface area contributed by atoms with Crippen molar-refractivity contribution in [1.29, 1.82) is 0 Å². The van der Waals surface area contributed by atoms with Crippen LogP contribution in [0, 0.1) is 5.82 Å². The first kappa shape index (κ1) is 31.6. The van der Waals surface area contributed by atoms with Gasteiger partial charge < -0.3 is 23.9 Å². The summed E-state index contributed by atoms with van der Waals surface area (Å²) in [4.78, 5) is 24.6. The highest BCUT2D eigenvalue weighted by atomic mass is 32.2. The van der Waals surface area contributed by atoms with Gasteiger partial charge in [0, 0.05) is 6.07 Å². The van der Waals surface area contributed by atoms with Crippen LogP contribution in [0.1, 0.15) is 11.3 Å². The number of methoxy groups -OCH3 is 2. The fourth-order valence-corrected chi connectivity index (χ4v) is 5.26. The fourth-order valence-electron chi connectivity index (χ4n) is 3.82. The zero-order chi connectivity index (χ0) is 31.5. The van der Waals surface area contributed by atoms with Gasteiger partial charge in [-0.15, -0.1) is 0 Å². The number of hydrazone groups is 1. The largest absolute Gasteiger partial charge is 0.493 e. The van der Waals surface area contributed by atoms with Gasteiger partial charge in [0.25, 0.3) is 21.8 Å². The SMILES string of the molecule is COc1ccc(S(=O)(=O)N(CC(=O)N/N=C\c2ccc(OCC(=O)NCc3ccco3)cc2)c2ccc(F)cc2)cc1OC. The molecule has 0 saturated heterocycles. The molecule has 44 heavy (non-hydrogen) atoms. The molecular formula is C30H29FN4O8S. The Morgan fingerprint density at radius 2 is 1.68 bits per heavy atom. The number of hydrogen-bond donors (Lipinski definition) is 2. The zero-order valence-electron chi connectivity index (χ0n) is 23.7. The second kappa shape index (κ2) is 14.7. The third kappa shape index (κ3) is 8.35. The van der Waals surface area contributed by atoms with Crippen LogP contribution in [0.25, 0.3) is 0 Å². The van der Waals surface area contributed by atoms with Gasteiger partial charge >= 0.3 is 0 Å². The number of ether oxygens (including phenoxy) is 3. The molecule has 1 heterocycles. The van der Waals surface area contributed by atoms with Crippen LogP contribution >= 0.6 is 0 Å². The summed E-state index contributed by atoms with van der Waals surface area (Å²) in [5.41, 5.74) is 2.95. The Morgan fingerprint density at radius 1 is 0.955 bits per heavy atom. The number of nitrogens with zero attached hydrogens (tertiary/aromatic N) is 2. The predicted octanol–water partition coefficient (Wildman–Crippen LogP) is 3.48. The summed E-state index contributed by atoms with van der Waals surface area (Å²) >= 11 is 0. The Kier molecular flexibility index (Phi) is 10.5. The van der Waals surface area contributed by atoms with Gasteiger partial charge in [0.1, 0.15) is 23.9 Å². The first-order valence-electron chi connectivity index (χ1n) is 13.0. The van der Waals surface area contributed by atoms with Gasteiger partial charge in [0.2, 0.25) is 0 Å². The van der Waals surface area contributed by atoms with Crippen molar-refractivity contribution < 1.29 is 41.0 Å². The van der Waals surface area contributed by atoms with Crippen LogP contribution in [0.2, 0.25) is 0 Å². The van der Waals surface area contributed by atoms with E-state index in [1.807, 2.05) is 0 Å². The molecule has 0 spiro atoms. The van der Waals surface area contributed by atoms with Crippen LogP contribution < -0.4 is 29.3 Å². The molecule has 0 fully saturated rings. The first-order valence-corrected chi connectivity index (χ1v) is 14.5. The molecule has 0 saturated carbocycles. The van der Waals surface area contributed by atoms with E-state index < -0.39 is 28.3 Å². The number of anilines is 1. The average molecular weight is 625 g/mol. The molecule has 14 heteroatoms. The van der Waals surface area contributed by atoms with E-state index in [1.54, 1.807) is 36.4 Å². The van der Waals surface area contributed by atoms with Gasteiger partial charge in [0.15, 0.2) is 18.1 Å². The average Bonchev–Trinajstić information content (AvgIpc) is 3.56. The van der Waals surface area contributed by atoms with E-state index in [0.717, 1.165) is 16.4 Å². The quantitative estimate of drug-likeness (QED) is 0.160. The van der Waals surface area contributed by atoms with Crippen LogP contribution in [-0.4, -0.2) is 53.8 Å². The smallest absolute Gasteiger partial charge is 0.264 e. The van der Waals surface area contributed by atoms with Crippen LogP contribution in [0.3, 0.4) is 0 Å². The third-order valence-electron chi connectivity index (χ3n) is 6.04. The van der Waals surface area contributed by atoms with Crippen molar-refractivity contribution in [2.24, 2.45) is 5.10 Å². The minimum atomic E-state index is -4.31. The molecule has 2 N–H and O–H groups in total. The number of carbonyl (C=O) groups excluding carboxylic acids is 2. The van der Waals surface area contributed by atoms with Gasteiger partial charge in [0.05, 0.1) is 43.8 Å². The second-order valence-electron chi connectivity index (χ2n) is 9.01. The Labute approximate surface area is 253 Å². The summed E-state index contributed by atoms with van der Waals surface area (Å²) in [5.74, 6) is -0.0975. The third-order valence-corrected chi connectivity index (χ3v) is 7.81. The van der Waals surface area contributed by atoms with Crippen molar-refractivity contribution in [2.45, 2.75) is 11.4 Å². The van der Waals surface area contributed by atoms with Crippen molar-refractivity contribution in [3.8, 4) is 17.2 Å². The van der Waals surface area contributed by atoms with E-state index in [0.29, 0.717) is 22.8 Å². The molecule has 0 radical (unpaired) electrons. The van der Waals surface area contributed by atoms with E-state index in [1.165, 1.54) is 57.0 Å². The highest BCUT2D eigenvalue weighted by molar-refractivity contribution is 7.92. The van der Waals surface area contributed by atoms with Crippen molar-refractivity contribution in [1.82, 2.24) is 10.7 Å². The molecule has 0 bridgehead atoms. The van der Waals surface area contributed by atoms with Gasteiger partial charge in [-0.3, -0.25) is 13.9 Å². The number of sulfonamides is 1. The molecule has 0 atom stereocenters. The Balaban J connectivity index is 1.37. The summed E-state index contributed by atoms with van der Waals surface area (Å²) in [5, 5.41) is 6.58. The van der Waals surface area contributed by atoms with E-state index in [4.69, 9.17) is 18.6 Å². The summed E-state index contributed by atoms with van der Waals surface area (Å²) < 4.78 is 62.7. The summed E-state index contributed by atoms with van der Waals surface area (Å²) in [6.07, 6.45) is 2.87. The molecule has 3 aromatic carbocycles. The summed E-state index contributed by atoms with van der Waals surface area (Å²) in [7, 11) is -1.54. The van der Waals surface area contributed by atoms with Crippen LogP contribution in [0.4, 0.5) is 10.1 Å². The van der Waals surface area contributed by atoms with Crippen molar-refractivity contribution >= 4 is 33.7 Å². The number of carbonyl (C=O) groups is 2. The minimum Gasteiger partial charge on any atom is -0.493 e. The van der Waals surface area contributed by atoms with E-state index >= 15 is 0 Å². The maximum atomic E-state index is 13.6. The number of halogens is 1. The fraction of sp³-hybridized carbons (Fsp3) is 0.167. The molecule has 4 aromatic rings. The maximum absolute atomic E-state index is 13.6. The van der Waals surface area contributed by atoms with Crippen LogP contribution in [-0.2, 0) is 26.2 Å². The minimum absolute atomic E-state index is 0.0607. The number of benzene rings is 3. The molecule has 0 aliphatic heterocycles. The highest BCUT2D eigenvalue weighted by Crippen LogP contribution is 2.32. The monoisotopic (exact) mass is 624 g/mol. The molecule has 0 unspecified atom stereocenters. The topological polar surface area (TPSA) is 149 Å². The number of rotatable bonds is 14. The Bertz CT molecular complexity index is 1690. The van der Waals surface area contributed by atoms with Crippen molar-refractivity contribution in [3.63, 3.8) is 0 Å². The van der Waals surface area contributed by atoms with E-state index in [2.05, 4.69) is 15.8 Å². The molecule has 230 valence electrons. The number of furan rings is 1. The maximum Gasteiger partial charge on any atom is 0.264 e. The standard InChI is InChI=1S/C30H29FN4O8S/c1-40-27-14-13-26(16-28(27)41-2)44(38,39)35(23-9-7-22(31)8-10-23)19-29(36)34-33-17-21-5-11-24(12-6-21)43-20-30(37)32-18-25-4-3-15-42-25/h3-17H,18-20H2,1-2H3,(H,32,37)(H,34,36)/b33-17-. The van der Waals surface area contributed by atoms with E-state index in [-0.39, 0.29) is 35.4 Å². The molecular weight excluding hydrogens is 595 g/mol. The van der Waals surface area contributed by atoms with Crippen molar-refractivity contribution in [3.05, 3.63) is 102 Å². The van der Waals surface area contributed by atoms with Gasteiger partial charge in [-0.2, -0.15) is 5.10 Å². The first-order chi connectivity index (χ1) is 21.2.